The van der Waals surface area contributed by atoms with Crippen molar-refractivity contribution in [1.29, 1.82) is 0 Å². The number of piperidine rings is 1. The Kier molecular flexibility index (Phi) is 5.92. The first-order chi connectivity index (χ1) is 8.10. The average Bonchev–Trinajstić information content (AvgIpc) is 2.37. The summed E-state index contributed by atoms with van der Waals surface area (Å²) in [5.74, 6) is 0.0986. The van der Waals surface area contributed by atoms with Gasteiger partial charge in [0.15, 0.2) is 0 Å². The van der Waals surface area contributed by atoms with Gasteiger partial charge >= 0.3 is 0 Å². The van der Waals surface area contributed by atoms with Crippen LogP contribution in [0, 0.1) is 0 Å². The molecule has 1 aliphatic heterocycles. The van der Waals surface area contributed by atoms with Crippen LogP contribution in [-0.2, 0) is 4.79 Å². The molecule has 0 aromatic carbocycles. The normalized spacial score (nSPS) is 20.2. The molecular formula is C13H27N3O. The van der Waals surface area contributed by atoms with E-state index in [1.807, 2.05) is 18.9 Å². The summed E-state index contributed by atoms with van der Waals surface area (Å²) in [6.45, 7) is 7.57. The number of hydrogen-bond donors (Lipinski definition) is 1. The predicted octanol–water partition coefficient (Wildman–Crippen LogP) is 1.06. The van der Waals surface area contributed by atoms with Gasteiger partial charge in [-0.25, -0.2) is 0 Å². The van der Waals surface area contributed by atoms with Crippen LogP contribution in [0.4, 0.5) is 0 Å². The second kappa shape index (κ2) is 6.97. The quantitative estimate of drug-likeness (QED) is 0.783. The summed E-state index contributed by atoms with van der Waals surface area (Å²) < 4.78 is 0. The third-order valence-electron chi connectivity index (χ3n) is 3.75. The third kappa shape index (κ3) is 3.96. The van der Waals surface area contributed by atoms with Crippen LogP contribution >= 0.6 is 0 Å². The van der Waals surface area contributed by atoms with Gasteiger partial charge in [0.1, 0.15) is 0 Å². The number of carbonyl (C=O) groups excluding carboxylic acids is 1. The lowest BCUT2D eigenvalue weighted by Gasteiger charge is -2.37. The zero-order valence-corrected chi connectivity index (χ0v) is 11.5. The second-order valence-corrected chi connectivity index (χ2v) is 5.04. The van der Waals surface area contributed by atoms with E-state index in [2.05, 4.69) is 11.8 Å². The standard InChI is InChI=1S/C13H27N3O/c1-4-8-16-9-6-11(7-10-16)15(3)13(17)12(14)5-2/h11-12H,4-10,14H2,1-3H3/t12-/m0/s1. The van der Waals surface area contributed by atoms with Crippen LogP contribution < -0.4 is 5.73 Å². The van der Waals surface area contributed by atoms with Crippen LogP contribution in [0.2, 0.25) is 0 Å². The summed E-state index contributed by atoms with van der Waals surface area (Å²) in [7, 11) is 1.90. The van der Waals surface area contributed by atoms with Crippen LogP contribution in [0.1, 0.15) is 39.5 Å². The fourth-order valence-corrected chi connectivity index (χ4v) is 2.46. The molecule has 0 radical (unpaired) electrons. The van der Waals surface area contributed by atoms with Crippen molar-refractivity contribution >= 4 is 5.91 Å². The molecule has 100 valence electrons. The predicted molar refractivity (Wildman–Crippen MR) is 70.8 cm³/mol. The highest BCUT2D eigenvalue weighted by molar-refractivity contribution is 5.81. The van der Waals surface area contributed by atoms with Crippen LogP contribution in [-0.4, -0.2) is 54.5 Å². The molecule has 0 unspecified atom stereocenters. The third-order valence-corrected chi connectivity index (χ3v) is 3.75. The first kappa shape index (κ1) is 14.5. The van der Waals surface area contributed by atoms with E-state index in [9.17, 15) is 4.79 Å². The van der Waals surface area contributed by atoms with E-state index in [0.29, 0.717) is 6.04 Å². The molecule has 0 spiro atoms. The Balaban J connectivity index is 2.40. The van der Waals surface area contributed by atoms with Gasteiger partial charge in [-0.2, -0.15) is 0 Å². The monoisotopic (exact) mass is 241 g/mol. The maximum Gasteiger partial charge on any atom is 0.239 e. The van der Waals surface area contributed by atoms with Gasteiger partial charge in [-0.3, -0.25) is 4.79 Å². The number of likely N-dealkylation sites (N-methyl/N-ethyl adjacent to an activating group) is 1. The fourth-order valence-electron chi connectivity index (χ4n) is 2.46. The minimum Gasteiger partial charge on any atom is -0.341 e. The molecule has 1 aliphatic rings. The Morgan fingerprint density at radius 2 is 2.00 bits per heavy atom. The Hall–Kier alpha value is -0.610. The Morgan fingerprint density at radius 1 is 1.41 bits per heavy atom. The van der Waals surface area contributed by atoms with Crippen LogP contribution in [0.5, 0.6) is 0 Å². The molecule has 1 heterocycles. The molecule has 1 fully saturated rings. The molecular weight excluding hydrogens is 214 g/mol. The number of nitrogens with zero attached hydrogens (tertiary/aromatic N) is 2. The van der Waals surface area contributed by atoms with Gasteiger partial charge in [0.25, 0.3) is 0 Å². The van der Waals surface area contributed by atoms with Gasteiger partial charge in [0.05, 0.1) is 6.04 Å². The van der Waals surface area contributed by atoms with E-state index < -0.39 is 0 Å². The van der Waals surface area contributed by atoms with Crippen LogP contribution in [0.15, 0.2) is 0 Å². The number of carbonyl (C=O) groups is 1. The number of likely N-dealkylation sites (tertiary alicyclic amines) is 1. The number of amides is 1. The molecule has 0 bridgehead atoms. The summed E-state index contributed by atoms with van der Waals surface area (Å²) in [4.78, 5) is 16.3. The summed E-state index contributed by atoms with van der Waals surface area (Å²) in [5.41, 5.74) is 5.80. The molecule has 2 N–H and O–H groups in total. The van der Waals surface area contributed by atoms with Crippen molar-refractivity contribution in [2.45, 2.75) is 51.6 Å². The molecule has 1 atom stereocenters. The number of hydrogen-bond acceptors (Lipinski definition) is 3. The van der Waals surface area contributed by atoms with Crippen molar-refractivity contribution in [2.24, 2.45) is 5.73 Å². The first-order valence-corrected chi connectivity index (χ1v) is 6.84. The zero-order chi connectivity index (χ0) is 12.8. The molecule has 0 aromatic rings. The first-order valence-electron chi connectivity index (χ1n) is 6.84. The van der Waals surface area contributed by atoms with Crippen molar-refractivity contribution in [1.82, 2.24) is 9.80 Å². The van der Waals surface area contributed by atoms with E-state index >= 15 is 0 Å². The average molecular weight is 241 g/mol. The molecule has 0 saturated carbocycles. The maximum absolute atomic E-state index is 12.0. The number of nitrogens with two attached hydrogens (primary N) is 1. The largest absolute Gasteiger partial charge is 0.341 e. The van der Waals surface area contributed by atoms with Crippen molar-refractivity contribution in [3.63, 3.8) is 0 Å². The Bertz CT molecular complexity index is 237. The zero-order valence-electron chi connectivity index (χ0n) is 11.5. The molecule has 4 nitrogen and oxygen atoms in total. The lowest BCUT2D eigenvalue weighted by molar-refractivity contribution is -0.134. The molecule has 1 amide bonds. The summed E-state index contributed by atoms with van der Waals surface area (Å²) in [5, 5.41) is 0. The SMILES string of the molecule is CCCN1CCC(N(C)C(=O)[C@@H](N)CC)CC1. The molecule has 4 heteroatoms. The number of rotatable bonds is 5. The summed E-state index contributed by atoms with van der Waals surface area (Å²) in [6.07, 6.45) is 4.09. The van der Waals surface area contributed by atoms with E-state index in [4.69, 9.17) is 5.73 Å². The Labute approximate surface area is 105 Å². The second-order valence-electron chi connectivity index (χ2n) is 5.04. The summed E-state index contributed by atoms with van der Waals surface area (Å²) >= 11 is 0. The lowest BCUT2D eigenvalue weighted by atomic mass is 10.0. The minimum atomic E-state index is -0.325. The highest BCUT2D eigenvalue weighted by Crippen LogP contribution is 2.16. The fraction of sp³-hybridized carbons (Fsp3) is 0.923. The van der Waals surface area contributed by atoms with E-state index in [-0.39, 0.29) is 11.9 Å². The summed E-state index contributed by atoms with van der Waals surface area (Å²) in [6, 6.07) is 0.0573. The van der Waals surface area contributed by atoms with Crippen molar-refractivity contribution in [3.8, 4) is 0 Å². The molecule has 0 aromatic heterocycles. The van der Waals surface area contributed by atoms with Gasteiger partial charge in [0, 0.05) is 26.2 Å². The topological polar surface area (TPSA) is 49.6 Å². The van der Waals surface area contributed by atoms with Gasteiger partial charge in [0.2, 0.25) is 5.91 Å². The van der Waals surface area contributed by atoms with E-state index in [1.165, 1.54) is 13.0 Å². The highest BCUT2D eigenvalue weighted by atomic mass is 16.2. The van der Waals surface area contributed by atoms with Crippen molar-refractivity contribution < 1.29 is 4.79 Å². The van der Waals surface area contributed by atoms with Gasteiger partial charge in [-0.05, 0) is 32.2 Å². The smallest absolute Gasteiger partial charge is 0.239 e. The van der Waals surface area contributed by atoms with Crippen LogP contribution in [0.25, 0.3) is 0 Å². The molecule has 1 saturated heterocycles. The van der Waals surface area contributed by atoms with Crippen molar-refractivity contribution in [3.05, 3.63) is 0 Å². The van der Waals surface area contributed by atoms with Crippen LogP contribution in [0.3, 0.4) is 0 Å². The van der Waals surface area contributed by atoms with E-state index in [0.717, 1.165) is 32.4 Å². The molecule has 17 heavy (non-hydrogen) atoms. The molecule has 1 rings (SSSR count). The highest BCUT2D eigenvalue weighted by Gasteiger charge is 2.26. The Morgan fingerprint density at radius 3 is 2.47 bits per heavy atom. The maximum atomic E-state index is 12.0. The van der Waals surface area contributed by atoms with Crippen molar-refractivity contribution in [2.75, 3.05) is 26.7 Å². The van der Waals surface area contributed by atoms with Gasteiger partial charge in [-0.15, -0.1) is 0 Å². The van der Waals surface area contributed by atoms with E-state index in [1.54, 1.807) is 0 Å². The van der Waals surface area contributed by atoms with Gasteiger partial charge < -0.3 is 15.5 Å². The lowest BCUT2D eigenvalue weighted by Crippen LogP contribution is -2.50. The minimum absolute atomic E-state index is 0.0986. The van der Waals surface area contributed by atoms with Gasteiger partial charge in [-0.1, -0.05) is 13.8 Å². The molecule has 0 aliphatic carbocycles.